The molecule has 1 saturated heterocycles. The Labute approximate surface area is 166 Å². The van der Waals surface area contributed by atoms with Gasteiger partial charge in [0.15, 0.2) is 0 Å². The van der Waals surface area contributed by atoms with E-state index >= 15 is 0 Å². The van der Waals surface area contributed by atoms with Crippen molar-refractivity contribution in [1.82, 2.24) is 20.0 Å². The van der Waals surface area contributed by atoms with Crippen molar-refractivity contribution in [2.24, 2.45) is 5.92 Å². The van der Waals surface area contributed by atoms with Crippen molar-refractivity contribution in [1.29, 1.82) is 0 Å². The maximum absolute atomic E-state index is 11.0. The van der Waals surface area contributed by atoms with E-state index in [1.54, 1.807) is 0 Å². The average Bonchev–Trinajstić information content (AvgIpc) is 3.03. The van der Waals surface area contributed by atoms with Crippen LogP contribution in [0.15, 0.2) is 24.3 Å². The smallest absolute Gasteiger partial charge is 0.407 e. The summed E-state index contributed by atoms with van der Waals surface area (Å²) in [6, 6.07) is 6.52. The summed E-state index contributed by atoms with van der Waals surface area (Å²) in [6.07, 6.45) is 5.02. The van der Waals surface area contributed by atoms with E-state index in [0.29, 0.717) is 19.0 Å². The maximum Gasteiger partial charge on any atom is 0.407 e. The molecule has 26 heavy (non-hydrogen) atoms. The van der Waals surface area contributed by atoms with Gasteiger partial charge in [0, 0.05) is 38.1 Å². The van der Waals surface area contributed by atoms with Crippen LogP contribution in [0, 0.1) is 9.62 Å². The largest absolute Gasteiger partial charge is 0.465 e. The van der Waals surface area contributed by atoms with Crippen LogP contribution in [0.5, 0.6) is 0 Å². The van der Waals surface area contributed by atoms with Gasteiger partial charge in [0.2, 0.25) is 0 Å². The van der Waals surface area contributed by atoms with Crippen LogP contribution in [0.4, 0.5) is 4.79 Å². The summed E-state index contributed by atoms with van der Waals surface area (Å²) >= 11 is 2.30. The summed E-state index contributed by atoms with van der Waals surface area (Å²) in [6.45, 7) is 4.05. The van der Waals surface area contributed by atoms with Gasteiger partial charge in [0.25, 0.3) is 0 Å². The van der Waals surface area contributed by atoms with Crippen LogP contribution in [0.25, 0.3) is 16.5 Å². The van der Waals surface area contributed by atoms with E-state index in [9.17, 15) is 4.79 Å². The van der Waals surface area contributed by atoms with E-state index in [4.69, 9.17) is 5.11 Å². The summed E-state index contributed by atoms with van der Waals surface area (Å²) < 4.78 is 1.09. The summed E-state index contributed by atoms with van der Waals surface area (Å²) in [5.74, 6) is 0.674. The van der Waals surface area contributed by atoms with Crippen LogP contribution < -0.4 is 0 Å². The molecular weight excluding hydrogens is 443 g/mol. The standard InChI is InChI=1S/C19H23IN4O2/c20-18-16-11-15(5-6-17(16)21-22-18)14-3-1-13(2-4-14)12-23-7-9-24(10-8-23)19(25)26/h3,5-6,11,13H,1-2,4,7-10,12H2,(H,21,22)(H,25,26). The van der Waals surface area contributed by atoms with Gasteiger partial charge in [0.05, 0.1) is 5.52 Å². The van der Waals surface area contributed by atoms with Crippen molar-refractivity contribution in [2.75, 3.05) is 32.7 Å². The Morgan fingerprint density at radius 3 is 2.81 bits per heavy atom. The highest BCUT2D eigenvalue weighted by Crippen LogP contribution is 2.32. The van der Waals surface area contributed by atoms with Crippen molar-refractivity contribution in [3.63, 3.8) is 0 Å². The first-order valence-electron chi connectivity index (χ1n) is 9.13. The second kappa shape index (κ2) is 7.56. The van der Waals surface area contributed by atoms with Gasteiger partial charge < -0.3 is 10.0 Å². The molecule has 1 amide bonds. The Morgan fingerprint density at radius 2 is 2.12 bits per heavy atom. The zero-order chi connectivity index (χ0) is 18.1. The first-order chi connectivity index (χ1) is 12.6. The number of halogens is 1. The Hall–Kier alpha value is -1.61. The molecule has 6 nitrogen and oxygen atoms in total. The minimum absolute atomic E-state index is 0.631. The van der Waals surface area contributed by atoms with Crippen LogP contribution in [0.1, 0.15) is 24.8 Å². The number of nitrogens with one attached hydrogen (secondary N) is 1. The Balaban J connectivity index is 1.36. The van der Waals surface area contributed by atoms with E-state index in [1.807, 2.05) is 0 Å². The fraction of sp³-hybridized carbons (Fsp3) is 0.474. The van der Waals surface area contributed by atoms with E-state index < -0.39 is 6.09 Å². The van der Waals surface area contributed by atoms with Gasteiger partial charge in [-0.05, 0) is 71.0 Å². The topological polar surface area (TPSA) is 72.5 Å². The maximum atomic E-state index is 11.0. The first kappa shape index (κ1) is 17.8. The monoisotopic (exact) mass is 466 g/mol. The van der Waals surface area contributed by atoms with E-state index in [0.717, 1.165) is 41.7 Å². The fourth-order valence-electron chi connectivity index (χ4n) is 3.98. The highest BCUT2D eigenvalue weighted by molar-refractivity contribution is 14.1. The predicted molar refractivity (Wildman–Crippen MR) is 110 cm³/mol. The molecular formula is C19H23IN4O2. The minimum atomic E-state index is -0.792. The lowest BCUT2D eigenvalue weighted by atomic mass is 9.86. The van der Waals surface area contributed by atoms with E-state index in [1.165, 1.54) is 27.8 Å². The third-order valence-electron chi connectivity index (χ3n) is 5.56. The predicted octanol–water partition coefficient (Wildman–Crippen LogP) is 3.65. The molecule has 1 unspecified atom stereocenters. The molecule has 1 fully saturated rings. The second-order valence-electron chi connectivity index (χ2n) is 7.21. The number of fused-ring (bicyclic) bond motifs is 1. The number of benzene rings is 1. The van der Waals surface area contributed by atoms with Crippen molar-refractivity contribution in [3.8, 4) is 0 Å². The summed E-state index contributed by atoms with van der Waals surface area (Å²) in [5.41, 5.74) is 3.77. The molecule has 1 aromatic heterocycles. The minimum Gasteiger partial charge on any atom is -0.465 e. The van der Waals surface area contributed by atoms with Crippen LogP contribution in [-0.4, -0.2) is 63.9 Å². The number of H-pyrrole nitrogens is 1. The van der Waals surface area contributed by atoms with Crippen LogP contribution in [-0.2, 0) is 0 Å². The number of carbonyl (C=O) groups is 1. The molecule has 2 aliphatic rings. The molecule has 1 aliphatic heterocycles. The Kier molecular flexibility index (Phi) is 5.17. The summed E-state index contributed by atoms with van der Waals surface area (Å²) in [5, 5.41) is 17.6. The Bertz CT molecular complexity index is 839. The molecule has 1 aliphatic carbocycles. The molecule has 1 aromatic carbocycles. The number of piperazine rings is 1. The Morgan fingerprint density at radius 1 is 1.31 bits per heavy atom. The normalized spacial score (nSPS) is 21.8. The SMILES string of the molecule is O=C(O)N1CCN(CC2CC=C(c3ccc4n[nH]c(I)c4c3)CC2)CC1. The van der Waals surface area contributed by atoms with Gasteiger partial charge in [0.1, 0.15) is 3.70 Å². The summed E-state index contributed by atoms with van der Waals surface area (Å²) in [7, 11) is 0. The molecule has 0 radical (unpaired) electrons. The molecule has 2 heterocycles. The number of nitrogens with zero attached hydrogens (tertiary/aromatic N) is 3. The number of rotatable bonds is 3. The van der Waals surface area contributed by atoms with Gasteiger partial charge in [-0.1, -0.05) is 12.1 Å². The molecule has 4 rings (SSSR count). The fourth-order valence-corrected chi connectivity index (χ4v) is 4.53. The van der Waals surface area contributed by atoms with Crippen molar-refractivity contribution < 1.29 is 9.90 Å². The molecule has 0 saturated carbocycles. The van der Waals surface area contributed by atoms with Gasteiger partial charge >= 0.3 is 6.09 Å². The van der Waals surface area contributed by atoms with E-state index in [2.05, 4.69) is 62.0 Å². The number of amides is 1. The number of hydrogen-bond acceptors (Lipinski definition) is 3. The lowest BCUT2D eigenvalue weighted by Crippen LogP contribution is -2.49. The molecule has 2 aromatic rings. The lowest BCUT2D eigenvalue weighted by Gasteiger charge is -2.35. The van der Waals surface area contributed by atoms with Crippen LogP contribution in [0.2, 0.25) is 0 Å². The summed E-state index contributed by atoms with van der Waals surface area (Å²) in [4.78, 5) is 14.9. The van der Waals surface area contributed by atoms with Crippen LogP contribution in [0.3, 0.4) is 0 Å². The zero-order valence-electron chi connectivity index (χ0n) is 14.6. The molecule has 138 valence electrons. The van der Waals surface area contributed by atoms with Gasteiger partial charge in [-0.2, -0.15) is 5.10 Å². The number of aromatic amines is 1. The van der Waals surface area contributed by atoms with Crippen LogP contribution >= 0.6 is 22.6 Å². The lowest BCUT2D eigenvalue weighted by molar-refractivity contribution is 0.0974. The van der Waals surface area contributed by atoms with E-state index in [-0.39, 0.29) is 0 Å². The molecule has 1 atom stereocenters. The third-order valence-corrected chi connectivity index (χ3v) is 6.38. The number of allylic oxidation sites excluding steroid dienone is 2. The first-order valence-corrected chi connectivity index (χ1v) is 10.2. The quantitative estimate of drug-likeness (QED) is 0.678. The van der Waals surface area contributed by atoms with Crippen molar-refractivity contribution in [2.45, 2.75) is 19.3 Å². The molecule has 7 heteroatoms. The average molecular weight is 466 g/mol. The van der Waals surface area contributed by atoms with Gasteiger partial charge in [-0.3, -0.25) is 10.00 Å². The number of hydrogen-bond donors (Lipinski definition) is 2. The van der Waals surface area contributed by atoms with Gasteiger partial charge in [-0.15, -0.1) is 0 Å². The van der Waals surface area contributed by atoms with Crippen molar-refractivity contribution in [3.05, 3.63) is 33.5 Å². The molecule has 2 N–H and O–H groups in total. The molecule has 0 spiro atoms. The second-order valence-corrected chi connectivity index (χ2v) is 8.29. The third kappa shape index (κ3) is 3.73. The zero-order valence-corrected chi connectivity index (χ0v) is 16.8. The highest BCUT2D eigenvalue weighted by atomic mass is 127. The highest BCUT2D eigenvalue weighted by Gasteiger charge is 2.24. The van der Waals surface area contributed by atoms with Crippen molar-refractivity contribution >= 4 is 45.2 Å². The van der Waals surface area contributed by atoms with Gasteiger partial charge in [-0.25, -0.2) is 4.79 Å². The number of carboxylic acid groups (broad SMARTS) is 1. The number of aromatic nitrogens is 2. The molecule has 0 bridgehead atoms.